The van der Waals surface area contributed by atoms with Crippen LogP contribution in [0.4, 0.5) is 0 Å². The van der Waals surface area contributed by atoms with Gasteiger partial charge in [-0.15, -0.1) is 10.2 Å². The molecule has 0 bridgehead atoms. The van der Waals surface area contributed by atoms with Crippen molar-refractivity contribution in [2.45, 2.75) is 12.3 Å². The van der Waals surface area contributed by atoms with Crippen LogP contribution in [-0.2, 0) is 0 Å². The molecule has 0 saturated heterocycles. The first-order chi connectivity index (χ1) is 11.2. The van der Waals surface area contributed by atoms with Gasteiger partial charge in [0.1, 0.15) is 11.8 Å². The molecule has 0 aromatic carbocycles. The Morgan fingerprint density at radius 1 is 1.35 bits per heavy atom. The predicted octanol–water partition coefficient (Wildman–Crippen LogP) is 0.918. The third-order valence-corrected chi connectivity index (χ3v) is 3.87. The lowest BCUT2D eigenvalue weighted by Crippen LogP contribution is -2.02. The van der Waals surface area contributed by atoms with Crippen molar-refractivity contribution in [2.75, 3.05) is 20.8 Å². The number of rotatable bonds is 5. The summed E-state index contributed by atoms with van der Waals surface area (Å²) in [4.78, 5) is 8.18. The Balaban J connectivity index is 2.04. The summed E-state index contributed by atoms with van der Waals surface area (Å²) in [5, 5.41) is 26.5. The summed E-state index contributed by atoms with van der Waals surface area (Å²) in [6, 6.07) is 4.03. The smallest absolute Gasteiger partial charge is 0.319 e. The van der Waals surface area contributed by atoms with Gasteiger partial charge in [-0.2, -0.15) is 10.2 Å². The Hall–Kier alpha value is -2.79. The van der Waals surface area contributed by atoms with Crippen LogP contribution in [0.3, 0.4) is 0 Å². The molecule has 1 fully saturated rings. The molecular formula is C15H15N5O3. The molecule has 23 heavy (non-hydrogen) atoms. The molecule has 2 heterocycles. The van der Waals surface area contributed by atoms with E-state index in [2.05, 4.69) is 20.2 Å². The maximum absolute atomic E-state index is 9.25. The highest BCUT2D eigenvalue weighted by Gasteiger charge is 2.40. The summed E-state index contributed by atoms with van der Waals surface area (Å²) in [5.74, 6) is 0.624. The monoisotopic (exact) mass is 313 g/mol. The summed E-state index contributed by atoms with van der Waals surface area (Å²) in [5.41, 5.74) is 2.15. The van der Waals surface area contributed by atoms with Gasteiger partial charge in [-0.05, 0) is 29.9 Å². The van der Waals surface area contributed by atoms with Gasteiger partial charge in [0, 0.05) is 12.8 Å². The number of ether oxygens (including phenoxy) is 2. The third kappa shape index (κ3) is 2.78. The highest BCUT2D eigenvalue weighted by atomic mass is 16.5. The van der Waals surface area contributed by atoms with Crippen LogP contribution in [0.2, 0.25) is 0 Å². The first-order valence-electron chi connectivity index (χ1n) is 7.05. The van der Waals surface area contributed by atoms with E-state index in [1.54, 1.807) is 12.3 Å². The molecule has 0 spiro atoms. The van der Waals surface area contributed by atoms with E-state index < -0.39 is 0 Å². The quantitative estimate of drug-likeness (QED) is 0.866. The lowest BCUT2D eigenvalue weighted by atomic mass is 10.1. The summed E-state index contributed by atoms with van der Waals surface area (Å²) in [6.07, 6.45) is 2.38. The molecule has 2 atom stereocenters. The SMILES string of the molecule is COc1ncc(-c2cc([C@H]3C[C@@H]3CO)c(C#N)nn2)c(OC)n1. The number of hydrogen-bond acceptors (Lipinski definition) is 8. The van der Waals surface area contributed by atoms with E-state index in [0.717, 1.165) is 12.0 Å². The van der Waals surface area contributed by atoms with Gasteiger partial charge in [0.15, 0.2) is 5.69 Å². The second kappa shape index (κ2) is 6.14. The minimum absolute atomic E-state index is 0.0994. The van der Waals surface area contributed by atoms with Crippen molar-refractivity contribution in [2.24, 2.45) is 5.92 Å². The van der Waals surface area contributed by atoms with E-state index in [1.165, 1.54) is 14.2 Å². The first kappa shape index (κ1) is 15.1. The highest BCUT2D eigenvalue weighted by molar-refractivity contribution is 5.65. The highest BCUT2D eigenvalue weighted by Crippen LogP contribution is 2.48. The van der Waals surface area contributed by atoms with Gasteiger partial charge >= 0.3 is 6.01 Å². The van der Waals surface area contributed by atoms with E-state index in [4.69, 9.17) is 9.47 Å². The molecule has 118 valence electrons. The lowest BCUT2D eigenvalue weighted by molar-refractivity contribution is 0.274. The Morgan fingerprint density at radius 2 is 2.17 bits per heavy atom. The number of nitrogens with zero attached hydrogens (tertiary/aromatic N) is 5. The van der Waals surface area contributed by atoms with Crippen LogP contribution in [-0.4, -0.2) is 46.1 Å². The second-order valence-electron chi connectivity index (χ2n) is 5.21. The fraction of sp³-hybridized carbons (Fsp3) is 0.400. The van der Waals surface area contributed by atoms with Gasteiger partial charge in [-0.3, -0.25) is 0 Å². The van der Waals surface area contributed by atoms with Gasteiger partial charge in [0.05, 0.1) is 19.8 Å². The minimum atomic E-state index is 0.0994. The summed E-state index contributed by atoms with van der Waals surface area (Å²) in [7, 11) is 2.96. The molecule has 0 aliphatic heterocycles. The zero-order valence-corrected chi connectivity index (χ0v) is 12.7. The number of aromatic nitrogens is 4. The first-order valence-corrected chi connectivity index (χ1v) is 7.05. The Kier molecular flexibility index (Phi) is 4.04. The third-order valence-electron chi connectivity index (χ3n) is 3.87. The minimum Gasteiger partial charge on any atom is -0.480 e. The number of aliphatic hydroxyl groups excluding tert-OH is 1. The fourth-order valence-electron chi connectivity index (χ4n) is 2.52. The lowest BCUT2D eigenvalue weighted by Gasteiger charge is -2.09. The van der Waals surface area contributed by atoms with Crippen LogP contribution in [0.5, 0.6) is 11.9 Å². The zero-order valence-electron chi connectivity index (χ0n) is 12.7. The largest absolute Gasteiger partial charge is 0.480 e. The maximum Gasteiger partial charge on any atom is 0.319 e. The van der Waals surface area contributed by atoms with Crippen molar-refractivity contribution in [1.29, 1.82) is 5.26 Å². The molecule has 2 aromatic heterocycles. The fourth-order valence-corrected chi connectivity index (χ4v) is 2.52. The molecule has 1 N–H and O–H groups in total. The van der Waals surface area contributed by atoms with E-state index in [9.17, 15) is 10.4 Å². The standard InChI is InChI=1S/C15H15N5O3/c1-22-14-11(6-17-15(18-14)23-2)12-4-10(9-3-8(9)7-21)13(5-16)20-19-12/h4,6,8-9,21H,3,7H2,1-2H3/t8-,9+/m1/s1. The van der Waals surface area contributed by atoms with Crippen LogP contribution in [0.15, 0.2) is 12.3 Å². The number of methoxy groups -OCH3 is 2. The van der Waals surface area contributed by atoms with Crippen molar-refractivity contribution in [3.8, 4) is 29.2 Å². The van der Waals surface area contributed by atoms with E-state index in [1.807, 2.05) is 6.07 Å². The molecule has 1 aliphatic rings. The Labute approximate surface area is 132 Å². The van der Waals surface area contributed by atoms with Crippen LogP contribution in [0, 0.1) is 17.2 Å². The second-order valence-corrected chi connectivity index (χ2v) is 5.21. The molecule has 0 radical (unpaired) electrons. The Bertz CT molecular complexity index is 774. The van der Waals surface area contributed by atoms with Crippen molar-refractivity contribution in [1.82, 2.24) is 20.2 Å². The van der Waals surface area contributed by atoms with Gasteiger partial charge in [-0.1, -0.05) is 0 Å². The van der Waals surface area contributed by atoms with E-state index >= 15 is 0 Å². The topological polar surface area (TPSA) is 114 Å². The normalized spacial score (nSPS) is 19.0. The van der Waals surface area contributed by atoms with Crippen LogP contribution >= 0.6 is 0 Å². The molecular weight excluding hydrogens is 298 g/mol. The van der Waals surface area contributed by atoms with Crippen molar-refractivity contribution in [3.05, 3.63) is 23.5 Å². The van der Waals surface area contributed by atoms with Gasteiger partial charge in [-0.25, -0.2) is 4.98 Å². The Morgan fingerprint density at radius 3 is 2.78 bits per heavy atom. The van der Waals surface area contributed by atoms with Gasteiger partial charge in [0.25, 0.3) is 0 Å². The van der Waals surface area contributed by atoms with Crippen molar-refractivity contribution >= 4 is 0 Å². The zero-order chi connectivity index (χ0) is 16.4. The van der Waals surface area contributed by atoms with E-state index in [0.29, 0.717) is 17.1 Å². The molecule has 0 unspecified atom stereocenters. The maximum atomic E-state index is 9.25. The molecule has 1 saturated carbocycles. The average Bonchev–Trinajstić information content (AvgIpc) is 3.40. The summed E-state index contributed by atoms with van der Waals surface area (Å²) >= 11 is 0. The molecule has 8 heteroatoms. The van der Waals surface area contributed by atoms with Crippen LogP contribution < -0.4 is 9.47 Å². The molecule has 2 aromatic rings. The van der Waals surface area contributed by atoms with Crippen LogP contribution in [0.1, 0.15) is 23.6 Å². The molecule has 3 rings (SSSR count). The van der Waals surface area contributed by atoms with Crippen molar-refractivity contribution < 1.29 is 14.6 Å². The molecule has 1 aliphatic carbocycles. The van der Waals surface area contributed by atoms with E-state index in [-0.39, 0.29) is 30.1 Å². The van der Waals surface area contributed by atoms with Gasteiger partial charge in [0.2, 0.25) is 5.88 Å². The molecule has 0 amide bonds. The van der Waals surface area contributed by atoms with Crippen molar-refractivity contribution in [3.63, 3.8) is 0 Å². The van der Waals surface area contributed by atoms with Gasteiger partial charge < -0.3 is 14.6 Å². The number of hydrogen-bond donors (Lipinski definition) is 1. The summed E-state index contributed by atoms with van der Waals surface area (Å²) < 4.78 is 10.2. The predicted molar refractivity (Wildman–Crippen MR) is 78.8 cm³/mol. The number of aliphatic hydroxyl groups is 1. The van der Waals surface area contributed by atoms with Crippen LogP contribution in [0.25, 0.3) is 11.3 Å². The number of nitriles is 1. The summed E-state index contributed by atoms with van der Waals surface area (Å²) in [6.45, 7) is 0.0994. The molecule has 8 nitrogen and oxygen atoms in total. The average molecular weight is 313 g/mol.